The van der Waals surface area contributed by atoms with Crippen molar-refractivity contribution in [2.75, 3.05) is 18.0 Å². The van der Waals surface area contributed by atoms with Crippen LogP contribution in [0, 0.1) is 17.2 Å². The molecular formula is C19H20ClN5O. The number of aromatic nitrogens is 2. The van der Waals surface area contributed by atoms with E-state index in [1.54, 1.807) is 18.2 Å². The molecule has 1 aliphatic rings. The molecule has 6 nitrogen and oxygen atoms in total. The Labute approximate surface area is 157 Å². The number of carbonyl (C=O) groups is 1. The van der Waals surface area contributed by atoms with Gasteiger partial charge in [-0.1, -0.05) is 23.7 Å². The molecule has 1 fully saturated rings. The van der Waals surface area contributed by atoms with Crippen LogP contribution in [-0.2, 0) is 4.79 Å². The molecule has 0 aliphatic carbocycles. The second-order valence-corrected chi connectivity index (χ2v) is 6.85. The highest BCUT2D eigenvalue weighted by molar-refractivity contribution is 6.29. The molecule has 7 heteroatoms. The molecule has 1 N–H and O–H groups in total. The van der Waals surface area contributed by atoms with Crippen LogP contribution in [0.1, 0.15) is 36.9 Å². The number of piperidine rings is 1. The molecule has 1 aromatic heterocycles. The van der Waals surface area contributed by atoms with Crippen molar-refractivity contribution in [2.24, 2.45) is 5.92 Å². The zero-order valence-corrected chi connectivity index (χ0v) is 15.3. The van der Waals surface area contributed by atoms with Crippen molar-refractivity contribution in [1.82, 2.24) is 15.5 Å². The number of amides is 1. The predicted octanol–water partition coefficient (Wildman–Crippen LogP) is 3.10. The molecule has 2 atom stereocenters. The Hall–Kier alpha value is -2.65. The maximum absolute atomic E-state index is 12.7. The fourth-order valence-electron chi connectivity index (χ4n) is 3.14. The zero-order valence-electron chi connectivity index (χ0n) is 14.5. The van der Waals surface area contributed by atoms with Gasteiger partial charge in [0.2, 0.25) is 5.91 Å². The molecule has 1 amide bonds. The number of nitriles is 1. The first kappa shape index (κ1) is 18.2. The van der Waals surface area contributed by atoms with Crippen molar-refractivity contribution in [1.29, 1.82) is 5.26 Å². The molecule has 1 saturated heterocycles. The number of nitrogens with zero attached hydrogens (tertiary/aromatic N) is 4. The predicted molar refractivity (Wildman–Crippen MR) is 99.7 cm³/mol. The molecule has 0 radical (unpaired) electrons. The third-order valence-electron chi connectivity index (χ3n) is 4.63. The number of halogens is 1. The number of hydrogen-bond donors (Lipinski definition) is 1. The Kier molecular flexibility index (Phi) is 5.69. The SMILES string of the molecule is C[C@H](NC(=O)[C@@H]1CCCN(c2ccc(Cl)nn2)C1)c1ccc(C#N)cc1. The summed E-state index contributed by atoms with van der Waals surface area (Å²) in [5, 5.41) is 20.3. The number of carbonyl (C=O) groups excluding carboxylic acids is 1. The van der Waals surface area contributed by atoms with E-state index in [0.29, 0.717) is 17.3 Å². The molecule has 0 unspecified atom stereocenters. The van der Waals surface area contributed by atoms with Crippen LogP contribution < -0.4 is 10.2 Å². The highest BCUT2D eigenvalue weighted by Crippen LogP contribution is 2.23. The van der Waals surface area contributed by atoms with Crippen molar-refractivity contribution in [3.05, 3.63) is 52.7 Å². The smallest absolute Gasteiger partial charge is 0.225 e. The van der Waals surface area contributed by atoms with Crippen LogP contribution in [0.15, 0.2) is 36.4 Å². The van der Waals surface area contributed by atoms with E-state index in [4.69, 9.17) is 16.9 Å². The second-order valence-electron chi connectivity index (χ2n) is 6.46. The summed E-state index contributed by atoms with van der Waals surface area (Å²) in [6.07, 6.45) is 1.77. The van der Waals surface area contributed by atoms with Crippen molar-refractivity contribution in [3.8, 4) is 6.07 Å². The fourth-order valence-corrected chi connectivity index (χ4v) is 3.24. The van der Waals surface area contributed by atoms with E-state index in [0.717, 1.165) is 30.8 Å². The van der Waals surface area contributed by atoms with Gasteiger partial charge in [0.15, 0.2) is 11.0 Å². The molecule has 1 aromatic carbocycles. The monoisotopic (exact) mass is 369 g/mol. The van der Waals surface area contributed by atoms with Gasteiger partial charge in [-0.15, -0.1) is 10.2 Å². The van der Waals surface area contributed by atoms with Crippen LogP contribution in [0.5, 0.6) is 0 Å². The molecule has 3 rings (SSSR count). The normalized spacial score (nSPS) is 18.0. The minimum absolute atomic E-state index is 0.0356. The van der Waals surface area contributed by atoms with E-state index < -0.39 is 0 Å². The van der Waals surface area contributed by atoms with Gasteiger partial charge in [-0.3, -0.25) is 4.79 Å². The Morgan fingerprint density at radius 1 is 1.31 bits per heavy atom. The molecule has 2 aromatic rings. The lowest BCUT2D eigenvalue weighted by atomic mass is 9.96. The Morgan fingerprint density at radius 2 is 2.08 bits per heavy atom. The summed E-state index contributed by atoms with van der Waals surface area (Å²) in [6, 6.07) is 12.8. The van der Waals surface area contributed by atoms with Crippen LogP contribution >= 0.6 is 11.6 Å². The van der Waals surface area contributed by atoms with Gasteiger partial charge in [0, 0.05) is 13.1 Å². The lowest BCUT2D eigenvalue weighted by Gasteiger charge is -2.33. The van der Waals surface area contributed by atoms with E-state index in [-0.39, 0.29) is 17.9 Å². The summed E-state index contributed by atoms with van der Waals surface area (Å²) in [5.74, 6) is 0.683. The molecule has 0 spiro atoms. The van der Waals surface area contributed by atoms with Crippen LogP contribution in [0.3, 0.4) is 0 Å². The van der Waals surface area contributed by atoms with Crippen molar-refractivity contribution < 1.29 is 4.79 Å². The summed E-state index contributed by atoms with van der Waals surface area (Å²) in [7, 11) is 0. The summed E-state index contributed by atoms with van der Waals surface area (Å²) < 4.78 is 0. The lowest BCUT2D eigenvalue weighted by Crippen LogP contribution is -2.44. The highest BCUT2D eigenvalue weighted by Gasteiger charge is 2.27. The maximum Gasteiger partial charge on any atom is 0.225 e. The maximum atomic E-state index is 12.7. The number of rotatable bonds is 4. The molecule has 26 heavy (non-hydrogen) atoms. The van der Waals surface area contributed by atoms with E-state index in [1.807, 2.05) is 25.1 Å². The molecule has 0 bridgehead atoms. The first-order chi connectivity index (χ1) is 12.6. The summed E-state index contributed by atoms with van der Waals surface area (Å²) in [5.41, 5.74) is 1.59. The zero-order chi connectivity index (χ0) is 18.5. The molecular weight excluding hydrogens is 350 g/mol. The Balaban J connectivity index is 1.61. The van der Waals surface area contributed by atoms with Gasteiger partial charge in [-0.05, 0) is 49.6 Å². The fraction of sp³-hybridized carbons (Fsp3) is 0.368. The summed E-state index contributed by atoms with van der Waals surface area (Å²) in [4.78, 5) is 14.8. The third-order valence-corrected chi connectivity index (χ3v) is 4.83. The van der Waals surface area contributed by atoms with Gasteiger partial charge in [0.1, 0.15) is 0 Å². The number of hydrogen-bond acceptors (Lipinski definition) is 5. The largest absolute Gasteiger partial charge is 0.354 e. The van der Waals surface area contributed by atoms with Gasteiger partial charge in [0.05, 0.1) is 23.6 Å². The number of nitrogens with one attached hydrogen (secondary N) is 1. The molecule has 0 saturated carbocycles. The van der Waals surface area contributed by atoms with E-state index in [1.165, 1.54) is 0 Å². The first-order valence-corrected chi connectivity index (χ1v) is 8.99. The van der Waals surface area contributed by atoms with Gasteiger partial charge < -0.3 is 10.2 Å². The number of benzene rings is 1. The van der Waals surface area contributed by atoms with E-state index >= 15 is 0 Å². The average Bonchev–Trinajstić information content (AvgIpc) is 2.68. The standard InChI is InChI=1S/C19H20ClN5O/c1-13(15-6-4-14(11-21)5-7-15)22-19(26)16-3-2-10-25(12-16)18-9-8-17(20)23-24-18/h4-9,13,16H,2-3,10,12H2,1H3,(H,22,26)/t13-,16+/m0/s1. The average molecular weight is 370 g/mol. The van der Waals surface area contributed by atoms with Gasteiger partial charge in [0.25, 0.3) is 0 Å². The van der Waals surface area contributed by atoms with Gasteiger partial charge in [-0.25, -0.2) is 0 Å². The van der Waals surface area contributed by atoms with Crippen molar-refractivity contribution >= 4 is 23.3 Å². The summed E-state index contributed by atoms with van der Waals surface area (Å²) >= 11 is 5.79. The van der Waals surface area contributed by atoms with Crippen LogP contribution in [0.4, 0.5) is 5.82 Å². The molecule has 134 valence electrons. The van der Waals surface area contributed by atoms with Crippen LogP contribution in [-0.4, -0.2) is 29.2 Å². The third kappa shape index (κ3) is 4.30. The highest BCUT2D eigenvalue weighted by atomic mass is 35.5. The van der Waals surface area contributed by atoms with Crippen molar-refractivity contribution in [2.45, 2.75) is 25.8 Å². The first-order valence-electron chi connectivity index (χ1n) is 8.61. The molecule has 2 heterocycles. The summed E-state index contributed by atoms with van der Waals surface area (Å²) in [6.45, 7) is 3.41. The minimum atomic E-state index is -0.110. The van der Waals surface area contributed by atoms with Gasteiger partial charge in [-0.2, -0.15) is 5.26 Å². The molecule has 1 aliphatic heterocycles. The van der Waals surface area contributed by atoms with Crippen LogP contribution in [0.25, 0.3) is 0 Å². The van der Waals surface area contributed by atoms with Gasteiger partial charge >= 0.3 is 0 Å². The van der Waals surface area contributed by atoms with E-state index in [2.05, 4.69) is 26.5 Å². The van der Waals surface area contributed by atoms with E-state index in [9.17, 15) is 4.79 Å². The van der Waals surface area contributed by atoms with Crippen molar-refractivity contribution in [3.63, 3.8) is 0 Å². The quantitative estimate of drug-likeness (QED) is 0.895. The lowest BCUT2D eigenvalue weighted by molar-refractivity contribution is -0.125. The Morgan fingerprint density at radius 3 is 2.73 bits per heavy atom. The minimum Gasteiger partial charge on any atom is -0.354 e. The number of anilines is 1. The second kappa shape index (κ2) is 8.15. The Bertz CT molecular complexity index is 800. The topological polar surface area (TPSA) is 81.9 Å². The van der Waals surface area contributed by atoms with Crippen LogP contribution in [0.2, 0.25) is 5.15 Å².